The third kappa shape index (κ3) is 3.88. The standard InChI is InChI=1S/C19H21N5O2/c1-12-8-9-13(2)16(10-12)20-19(25)15(18-21-23-24-22-18)11-14-6-4-5-7-17(14)26-3/h4-10,15H,11H2,1-3H3,(H2,20,21,22,23,24,25)/p-1/t15-/m0/s1. The number of nitrogens with zero attached hydrogens (tertiary/aromatic N) is 4. The molecular weight excluding hydrogens is 330 g/mol. The number of aryl methyl sites for hydroxylation is 2. The van der Waals surface area contributed by atoms with Crippen LogP contribution < -0.4 is 15.2 Å². The van der Waals surface area contributed by atoms with Crippen molar-refractivity contribution in [1.82, 2.24) is 20.6 Å². The van der Waals surface area contributed by atoms with Crippen LogP contribution in [0.4, 0.5) is 5.69 Å². The van der Waals surface area contributed by atoms with Crippen molar-refractivity contribution in [3.05, 3.63) is 65.0 Å². The van der Waals surface area contributed by atoms with Crippen molar-refractivity contribution in [3.8, 4) is 5.75 Å². The number of para-hydroxylation sites is 1. The van der Waals surface area contributed by atoms with Crippen molar-refractivity contribution >= 4 is 11.6 Å². The molecule has 0 radical (unpaired) electrons. The monoisotopic (exact) mass is 350 g/mol. The summed E-state index contributed by atoms with van der Waals surface area (Å²) in [5, 5.41) is 17.8. The Balaban J connectivity index is 1.89. The number of methoxy groups -OCH3 is 1. The van der Waals surface area contributed by atoms with Crippen molar-refractivity contribution < 1.29 is 9.53 Å². The Morgan fingerprint density at radius 3 is 2.77 bits per heavy atom. The van der Waals surface area contributed by atoms with Gasteiger partial charge in [-0.2, -0.15) is 5.21 Å². The fourth-order valence-electron chi connectivity index (χ4n) is 2.77. The van der Waals surface area contributed by atoms with Crippen molar-refractivity contribution in [2.75, 3.05) is 12.4 Å². The maximum atomic E-state index is 13.0. The Bertz CT molecular complexity index is 893. The molecule has 2 aromatic carbocycles. The molecule has 3 rings (SSSR count). The lowest BCUT2D eigenvalue weighted by Crippen LogP contribution is -2.25. The van der Waals surface area contributed by atoms with Gasteiger partial charge in [-0.3, -0.25) is 15.1 Å². The number of carbonyl (C=O) groups is 1. The average molecular weight is 350 g/mol. The van der Waals surface area contributed by atoms with Gasteiger partial charge in [0.05, 0.1) is 13.0 Å². The van der Waals surface area contributed by atoms with E-state index in [1.165, 1.54) is 0 Å². The predicted octanol–water partition coefficient (Wildman–Crippen LogP) is 2.42. The minimum atomic E-state index is -0.624. The fraction of sp³-hybridized carbons (Fsp3) is 0.263. The number of tetrazole rings is 1. The maximum Gasteiger partial charge on any atom is 0.232 e. The van der Waals surface area contributed by atoms with E-state index in [2.05, 4.69) is 25.9 Å². The van der Waals surface area contributed by atoms with Crippen LogP contribution in [0, 0.1) is 13.8 Å². The molecule has 0 saturated carbocycles. The normalized spacial score (nSPS) is 11.8. The summed E-state index contributed by atoms with van der Waals surface area (Å²) in [6.45, 7) is 3.93. The third-order valence-corrected chi connectivity index (χ3v) is 4.23. The number of anilines is 1. The molecule has 0 aliphatic carbocycles. The summed E-state index contributed by atoms with van der Waals surface area (Å²) in [4.78, 5) is 13.0. The van der Waals surface area contributed by atoms with Crippen LogP contribution in [0.25, 0.3) is 0 Å². The lowest BCUT2D eigenvalue weighted by atomic mass is 9.96. The predicted molar refractivity (Wildman–Crippen MR) is 97.1 cm³/mol. The molecule has 1 N–H and O–H groups in total. The van der Waals surface area contributed by atoms with Gasteiger partial charge in [0.1, 0.15) is 5.75 Å². The molecule has 0 unspecified atom stereocenters. The van der Waals surface area contributed by atoms with Gasteiger partial charge in [0.15, 0.2) is 0 Å². The van der Waals surface area contributed by atoms with E-state index in [9.17, 15) is 4.79 Å². The van der Waals surface area contributed by atoms with E-state index in [0.29, 0.717) is 18.0 Å². The van der Waals surface area contributed by atoms with Crippen LogP contribution in [-0.4, -0.2) is 28.5 Å². The Morgan fingerprint density at radius 2 is 2.04 bits per heavy atom. The molecule has 3 aromatic rings. The molecule has 0 saturated heterocycles. The van der Waals surface area contributed by atoms with Gasteiger partial charge in [-0.1, -0.05) is 30.3 Å². The van der Waals surface area contributed by atoms with E-state index in [0.717, 1.165) is 22.4 Å². The van der Waals surface area contributed by atoms with Crippen molar-refractivity contribution in [2.45, 2.75) is 26.2 Å². The van der Waals surface area contributed by atoms with E-state index in [1.54, 1.807) is 7.11 Å². The molecule has 7 nitrogen and oxygen atoms in total. The highest BCUT2D eigenvalue weighted by Crippen LogP contribution is 2.26. The zero-order valence-electron chi connectivity index (χ0n) is 14.9. The van der Waals surface area contributed by atoms with Crippen LogP contribution in [0.2, 0.25) is 0 Å². The second-order valence-corrected chi connectivity index (χ2v) is 6.11. The summed E-state index contributed by atoms with van der Waals surface area (Å²) in [6, 6.07) is 13.5. The molecule has 0 bridgehead atoms. The molecule has 0 aliphatic heterocycles. The van der Waals surface area contributed by atoms with Crippen molar-refractivity contribution in [2.24, 2.45) is 0 Å². The third-order valence-electron chi connectivity index (χ3n) is 4.23. The molecule has 26 heavy (non-hydrogen) atoms. The molecule has 1 heterocycles. The summed E-state index contributed by atoms with van der Waals surface area (Å²) in [5.41, 5.74) is 3.72. The van der Waals surface area contributed by atoms with Gasteiger partial charge in [-0.15, -0.1) is 0 Å². The number of hydrogen-bond donors (Lipinski definition) is 1. The van der Waals surface area contributed by atoms with Gasteiger partial charge >= 0.3 is 0 Å². The topological polar surface area (TPSA) is 91.1 Å². The Labute approximate surface area is 151 Å². The molecular formula is C19H20N5O2-. The van der Waals surface area contributed by atoms with E-state index >= 15 is 0 Å². The molecule has 1 aromatic heterocycles. The lowest BCUT2D eigenvalue weighted by Gasteiger charge is -2.19. The largest absolute Gasteiger partial charge is 0.496 e. The molecule has 134 valence electrons. The van der Waals surface area contributed by atoms with Gasteiger partial charge in [0, 0.05) is 11.5 Å². The number of nitrogens with one attached hydrogen (secondary N) is 1. The van der Waals surface area contributed by atoms with Gasteiger partial charge in [-0.25, -0.2) is 0 Å². The van der Waals surface area contributed by atoms with Crippen LogP contribution in [0.3, 0.4) is 0 Å². The number of benzene rings is 2. The average Bonchev–Trinajstić information content (AvgIpc) is 3.17. The fourth-order valence-corrected chi connectivity index (χ4v) is 2.77. The molecule has 1 amide bonds. The van der Waals surface area contributed by atoms with Crippen LogP contribution in [-0.2, 0) is 11.2 Å². The molecule has 0 spiro atoms. The van der Waals surface area contributed by atoms with Crippen LogP contribution in [0.5, 0.6) is 5.75 Å². The maximum absolute atomic E-state index is 13.0. The summed E-state index contributed by atoms with van der Waals surface area (Å²) >= 11 is 0. The smallest absolute Gasteiger partial charge is 0.232 e. The molecule has 0 fully saturated rings. The first-order valence-corrected chi connectivity index (χ1v) is 8.27. The minimum absolute atomic E-state index is 0.209. The molecule has 7 heteroatoms. The zero-order valence-corrected chi connectivity index (χ0v) is 14.9. The van der Waals surface area contributed by atoms with E-state index in [-0.39, 0.29) is 5.91 Å². The number of ether oxygens (including phenoxy) is 1. The van der Waals surface area contributed by atoms with Gasteiger partial charge < -0.3 is 15.2 Å². The molecule has 0 aliphatic rings. The number of hydrogen-bond acceptors (Lipinski definition) is 5. The van der Waals surface area contributed by atoms with Gasteiger partial charge in [0.2, 0.25) is 5.91 Å². The first-order valence-electron chi connectivity index (χ1n) is 8.27. The van der Waals surface area contributed by atoms with Crippen molar-refractivity contribution in [3.63, 3.8) is 0 Å². The SMILES string of the molecule is COc1ccccc1C[C@H](C(=O)Nc1cc(C)ccc1C)c1nnn[n-]1. The highest BCUT2D eigenvalue weighted by molar-refractivity contribution is 5.96. The van der Waals surface area contributed by atoms with Crippen LogP contribution >= 0.6 is 0 Å². The first-order chi connectivity index (χ1) is 12.6. The van der Waals surface area contributed by atoms with E-state index in [1.807, 2.05) is 56.3 Å². The first kappa shape index (κ1) is 17.6. The van der Waals surface area contributed by atoms with Crippen LogP contribution in [0.1, 0.15) is 28.4 Å². The Kier molecular flexibility index (Phi) is 5.26. The second-order valence-electron chi connectivity index (χ2n) is 6.11. The number of amides is 1. The Morgan fingerprint density at radius 1 is 1.23 bits per heavy atom. The van der Waals surface area contributed by atoms with Gasteiger partial charge in [-0.05, 0) is 49.1 Å². The Hall–Kier alpha value is -3.22. The summed E-state index contributed by atoms with van der Waals surface area (Å²) < 4.78 is 5.39. The zero-order chi connectivity index (χ0) is 18.5. The van der Waals surface area contributed by atoms with E-state index < -0.39 is 5.92 Å². The number of rotatable bonds is 6. The van der Waals surface area contributed by atoms with E-state index in [4.69, 9.17) is 4.74 Å². The minimum Gasteiger partial charge on any atom is -0.496 e. The molecule has 1 atom stereocenters. The van der Waals surface area contributed by atoms with Crippen LogP contribution in [0.15, 0.2) is 42.5 Å². The summed E-state index contributed by atoms with van der Waals surface area (Å²) in [6.07, 6.45) is 0.383. The summed E-state index contributed by atoms with van der Waals surface area (Å²) in [5.74, 6) is 0.170. The number of carbonyl (C=O) groups excluding carboxylic acids is 1. The number of aromatic nitrogens is 4. The van der Waals surface area contributed by atoms with Gasteiger partial charge in [0.25, 0.3) is 0 Å². The quantitative estimate of drug-likeness (QED) is 0.734. The second kappa shape index (κ2) is 7.77. The highest BCUT2D eigenvalue weighted by Gasteiger charge is 2.23. The lowest BCUT2D eigenvalue weighted by molar-refractivity contribution is -0.117. The summed E-state index contributed by atoms with van der Waals surface area (Å²) in [7, 11) is 1.60. The highest BCUT2D eigenvalue weighted by atomic mass is 16.5. The van der Waals surface area contributed by atoms with Crippen molar-refractivity contribution in [1.29, 1.82) is 0 Å².